The molecule has 3 aromatic carbocycles. The monoisotopic (exact) mass is 523 g/mol. The number of H-pyrrole nitrogens is 1. The summed E-state index contributed by atoms with van der Waals surface area (Å²) in [6.07, 6.45) is 0.475. The number of halogens is 1. The molecule has 0 amide bonds. The number of nitrogens with zero attached hydrogens (tertiary/aromatic N) is 2. The van der Waals surface area contributed by atoms with Gasteiger partial charge in [-0.1, -0.05) is 29.8 Å². The molecule has 2 N–H and O–H groups in total. The van der Waals surface area contributed by atoms with Crippen LogP contribution in [-0.4, -0.2) is 55.8 Å². The Hall–Kier alpha value is -2.90. The standard InChI is InChI=1S/C29H26ClN3O3.Na.H/c1-16-11-18(15-29(3,4)28(34)35)12-17(2)25(16)24-13-20-5-6-21(14-23(20)31-24)27-33-32-26(36-27)19-7-9-22(30)10-8-19;;/h5-14,31H,15H2,1-4H3,(H,34,35);;. The first-order valence-electron chi connectivity index (χ1n) is 11.7. The molecule has 5 rings (SSSR count). The van der Waals surface area contributed by atoms with Gasteiger partial charge in [-0.05, 0) is 93.3 Å². The number of carboxylic acids is 1. The molecule has 37 heavy (non-hydrogen) atoms. The molecule has 0 unspecified atom stereocenters. The van der Waals surface area contributed by atoms with Crippen molar-refractivity contribution >= 4 is 58.0 Å². The van der Waals surface area contributed by atoms with Gasteiger partial charge in [-0.3, -0.25) is 4.79 Å². The maximum atomic E-state index is 11.6. The van der Waals surface area contributed by atoms with E-state index in [0.29, 0.717) is 23.2 Å². The molecule has 2 heterocycles. The van der Waals surface area contributed by atoms with Crippen LogP contribution in [0.15, 0.2) is 65.1 Å². The van der Waals surface area contributed by atoms with Gasteiger partial charge in [0.1, 0.15) is 0 Å². The van der Waals surface area contributed by atoms with Crippen molar-refractivity contribution in [3.8, 4) is 34.2 Å². The number of hydrogen-bond acceptors (Lipinski definition) is 4. The first kappa shape index (κ1) is 27.1. The molecule has 0 atom stereocenters. The molecule has 5 aromatic rings. The summed E-state index contributed by atoms with van der Waals surface area (Å²) in [5.74, 6) is 0.0805. The normalized spacial score (nSPS) is 11.5. The van der Waals surface area contributed by atoms with Gasteiger partial charge in [0.25, 0.3) is 0 Å². The molecule has 0 aliphatic heterocycles. The van der Waals surface area contributed by atoms with Gasteiger partial charge in [-0.2, -0.15) is 0 Å². The van der Waals surface area contributed by atoms with Crippen molar-refractivity contribution in [2.24, 2.45) is 5.41 Å². The summed E-state index contributed by atoms with van der Waals surface area (Å²) in [4.78, 5) is 15.1. The van der Waals surface area contributed by atoms with E-state index >= 15 is 0 Å². The Morgan fingerprint density at radius 1 is 0.946 bits per heavy atom. The quantitative estimate of drug-likeness (QED) is 0.238. The Morgan fingerprint density at radius 2 is 1.54 bits per heavy atom. The molecule has 0 saturated heterocycles. The van der Waals surface area contributed by atoms with E-state index in [-0.39, 0.29) is 29.6 Å². The summed E-state index contributed by atoms with van der Waals surface area (Å²) in [7, 11) is 0. The predicted molar refractivity (Wildman–Crippen MR) is 149 cm³/mol. The van der Waals surface area contributed by atoms with Crippen molar-refractivity contribution in [1.29, 1.82) is 0 Å². The van der Waals surface area contributed by atoms with Gasteiger partial charge in [0.05, 0.1) is 5.41 Å². The second-order valence-electron chi connectivity index (χ2n) is 9.87. The number of aromatic nitrogens is 3. The van der Waals surface area contributed by atoms with E-state index in [1.807, 2.05) is 30.3 Å². The summed E-state index contributed by atoms with van der Waals surface area (Å²) in [5, 5.41) is 19.6. The fourth-order valence-corrected chi connectivity index (χ4v) is 4.74. The van der Waals surface area contributed by atoms with E-state index in [9.17, 15) is 9.90 Å². The molecule has 0 radical (unpaired) electrons. The molecule has 6 nitrogen and oxygen atoms in total. The molecule has 0 aliphatic rings. The Labute approximate surface area is 242 Å². The van der Waals surface area contributed by atoms with Crippen molar-refractivity contribution in [3.05, 3.63) is 82.4 Å². The van der Waals surface area contributed by atoms with Crippen molar-refractivity contribution in [2.45, 2.75) is 34.1 Å². The van der Waals surface area contributed by atoms with Crippen LogP contribution in [0.1, 0.15) is 30.5 Å². The number of nitrogens with one attached hydrogen (secondary N) is 1. The number of aromatic amines is 1. The molecule has 0 fully saturated rings. The minimum absolute atomic E-state index is 0. The predicted octanol–water partition coefficient (Wildman–Crippen LogP) is 6.83. The number of aryl methyl sites for hydroxylation is 2. The van der Waals surface area contributed by atoms with Gasteiger partial charge >= 0.3 is 35.5 Å². The molecule has 184 valence electrons. The third kappa shape index (κ3) is 5.53. The van der Waals surface area contributed by atoms with Crippen LogP contribution in [0.5, 0.6) is 0 Å². The molecule has 0 saturated carbocycles. The number of hydrogen-bond donors (Lipinski definition) is 2. The average Bonchev–Trinajstić information content (AvgIpc) is 3.45. The second-order valence-corrected chi connectivity index (χ2v) is 10.3. The maximum absolute atomic E-state index is 11.6. The van der Waals surface area contributed by atoms with Crippen LogP contribution in [0.3, 0.4) is 0 Å². The summed E-state index contributed by atoms with van der Waals surface area (Å²) >= 11 is 5.97. The average molecular weight is 524 g/mol. The molecular weight excluding hydrogens is 497 g/mol. The van der Waals surface area contributed by atoms with Gasteiger partial charge in [-0.15, -0.1) is 10.2 Å². The fraction of sp³-hybridized carbons (Fsp3) is 0.207. The van der Waals surface area contributed by atoms with Crippen LogP contribution in [0.2, 0.25) is 5.02 Å². The van der Waals surface area contributed by atoms with E-state index in [2.05, 4.69) is 47.2 Å². The van der Waals surface area contributed by atoms with Gasteiger partial charge in [0.15, 0.2) is 0 Å². The topological polar surface area (TPSA) is 92.0 Å². The van der Waals surface area contributed by atoms with Gasteiger partial charge in [-0.25, -0.2) is 0 Å². The first-order valence-corrected chi connectivity index (χ1v) is 12.0. The van der Waals surface area contributed by atoms with Crippen molar-refractivity contribution < 1.29 is 14.3 Å². The van der Waals surface area contributed by atoms with Gasteiger partial charge < -0.3 is 14.5 Å². The summed E-state index contributed by atoms with van der Waals surface area (Å²) < 4.78 is 5.92. The number of benzene rings is 3. The zero-order chi connectivity index (χ0) is 25.6. The molecule has 0 spiro atoms. The van der Waals surface area contributed by atoms with Gasteiger partial charge in [0, 0.05) is 38.3 Å². The third-order valence-electron chi connectivity index (χ3n) is 6.47. The molecule has 0 bridgehead atoms. The van der Waals surface area contributed by atoms with E-state index in [1.54, 1.807) is 26.0 Å². The Morgan fingerprint density at radius 3 is 2.16 bits per heavy atom. The second kappa shape index (κ2) is 10.5. The van der Waals surface area contributed by atoms with Crippen LogP contribution in [0.25, 0.3) is 45.1 Å². The van der Waals surface area contributed by atoms with Crippen molar-refractivity contribution in [1.82, 2.24) is 15.2 Å². The van der Waals surface area contributed by atoms with Crippen molar-refractivity contribution in [3.63, 3.8) is 0 Å². The number of rotatable bonds is 6. The third-order valence-corrected chi connectivity index (χ3v) is 6.72. The summed E-state index contributed by atoms with van der Waals surface area (Å²) in [6, 6.07) is 19.6. The SMILES string of the molecule is Cc1cc(CC(C)(C)C(=O)O)cc(C)c1-c1cc2ccc(-c3nnc(-c4ccc(Cl)cc4)o3)cc2[nH]1.[NaH]. The zero-order valence-electron chi connectivity index (χ0n) is 20.5. The van der Waals surface area contributed by atoms with E-state index in [1.165, 1.54) is 0 Å². The van der Waals surface area contributed by atoms with E-state index in [0.717, 1.165) is 50.0 Å². The van der Waals surface area contributed by atoms with Crippen LogP contribution >= 0.6 is 11.6 Å². The van der Waals surface area contributed by atoms with Crippen LogP contribution in [-0.2, 0) is 11.2 Å². The number of carbonyl (C=O) groups is 1. The number of aliphatic carboxylic acids is 1. The number of carboxylic acid groups (broad SMARTS) is 1. The number of fused-ring (bicyclic) bond motifs is 1. The Balaban J connectivity index is 0.00000320. The zero-order valence-corrected chi connectivity index (χ0v) is 21.3. The van der Waals surface area contributed by atoms with Crippen LogP contribution < -0.4 is 0 Å². The van der Waals surface area contributed by atoms with E-state index < -0.39 is 11.4 Å². The fourth-order valence-electron chi connectivity index (χ4n) is 4.61. The minimum atomic E-state index is -0.819. The molecule has 8 heteroatoms. The van der Waals surface area contributed by atoms with Crippen LogP contribution in [0.4, 0.5) is 0 Å². The van der Waals surface area contributed by atoms with E-state index in [4.69, 9.17) is 16.0 Å². The van der Waals surface area contributed by atoms with Crippen molar-refractivity contribution in [2.75, 3.05) is 0 Å². The van der Waals surface area contributed by atoms with Gasteiger partial charge in [0.2, 0.25) is 11.8 Å². The molecular formula is C29H27ClN3NaO3. The summed E-state index contributed by atoms with van der Waals surface area (Å²) in [5.41, 5.74) is 7.12. The Kier molecular flexibility index (Phi) is 7.67. The first-order chi connectivity index (χ1) is 17.1. The van der Waals surface area contributed by atoms with Crippen LogP contribution in [0, 0.1) is 19.3 Å². The molecule has 2 aromatic heterocycles. The Bertz CT molecular complexity index is 1580. The molecule has 0 aliphatic carbocycles. The summed E-state index contributed by atoms with van der Waals surface area (Å²) in [6.45, 7) is 7.64.